The number of ether oxygens (including phenoxy) is 1. The van der Waals surface area contributed by atoms with Crippen LogP contribution < -0.4 is 15.4 Å². The number of carbonyl (C=O) groups is 2. The van der Waals surface area contributed by atoms with Crippen LogP contribution >= 0.6 is 11.3 Å². The van der Waals surface area contributed by atoms with Gasteiger partial charge in [0, 0.05) is 23.4 Å². The van der Waals surface area contributed by atoms with Gasteiger partial charge >= 0.3 is 6.16 Å². The number of thiophene rings is 1. The molecule has 156 valence electrons. The van der Waals surface area contributed by atoms with E-state index in [0.29, 0.717) is 11.6 Å². The summed E-state index contributed by atoms with van der Waals surface area (Å²) in [5, 5.41) is 9.42. The number of carboxylic acid groups (broad SMARTS) is 1. The smallest absolute Gasteiger partial charge is 0.449 e. The lowest BCUT2D eigenvalue weighted by Crippen LogP contribution is -2.46. The van der Waals surface area contributed by atoms with Crippen molar-refractivity contribution < 1.29 is 19.4 Å². The highest BCUT2D eigenvalue weighted by molar-refractivity contribution is 7.18. The number of hydrogen-bond acceptors (Lipinski definition) is 5. The van der Waals surface area contributed by atoms with Crippen LogP contribution in [0.5, 0.6) is 5.06 Å². The molecule has 1 atom stereocenters. The Balaban J connectivity index is 2.00. The predicted octanol–water partition coefficient (Wildman–Crippen LogP) is 4.98. The second kappa shape index (κ2) is 9.41. The summed E-state index contributed by atoms with van der Waals surface area (Å²) in [5.41, 5.74) is 7.35. The molecule has 0 aliphatic heterocycles. The first-order valence-corrected chi connectivity index (χ1v) is 10.9. The monoisotopic (exact) mass is 416 g/mol. The maximum atomic E-state index is 13.5. The van der Waals surface area contributed by atoms with Gasteiger partial charge in [0.05, 0.1) is 5.69 Å². The summed E-state index contributed by atoms with van der Waals surface area (Å²) in [4.78, 5) is 27.3. The van der Waals surface area contributed by atoms with Gasteiger partial charge in [-0.3, -0.25) is 4.79 Å². The molecule has 1 amide bonds. The minimum absolute atomic E-state index is 0.00232. The lowest BCUT2D eigenvalue weighted by atomic mass is 9.82. The van der Waals surface area contributed by atoms with Crippen molar-refractivity contribution >= 4 is 29.1 Å². The minimum Gasteiger partial charge on any atom is -0.449 e. The molecule has 1 heterocycles. The summed E-state index contributed by atoms with van der Waals surface area (Å²) >= 11 is 1.22. The van der Waals surface area contributed by atoms with Gasteiger partial charge in [-0.2, -0.15) is 0 Å². The van der Waals surface area contributed by atoms with Gasteiger partial charge in [-0.25, -0.2) is 4.79 Å². The quantitative estimate of drug-likeness (QED) is 0.648. The van der Waals surface area contributed by atoms with Crippen LogP contribution in [-0.2, 0) is 4.79 Å². The van der Waals surface area contributed by atoms with Gasteiger partial charge in [0.1, 0.15) is 0 Å². The molecular formula is C22H28N2O4S. The van der Waals surface area contributed by atoms with Gasteiger partial charge in [0.2, 0.25) is 11.0 Å². The van der Waals surface area contributed by atoms with Crippen LogP contribution in [0, 0.1) is 11.8 Å². The van der Waals surface area contributed by atoms with Gasteiger partial charge < -0.3 is 20.5 Å². The Morgan fingerprint density at radius 1 is 1.24 bits per heavy atom. The normalized spacial score (nSPS) is 20.1. The van der Waals surface area contributed by atoms with Gasteiger partial charge in [-0.1, -0.05) is 48.6 Å². The number of hydrogen-bond donors (Lipinski definition) is 2. The fourth-order valence-electron chi connectivity index (χ4n) is 3.81. The van der Waals surface area contributed by atoms with Crippen molar-refractivity contribution in [2.75, 3.05) is 11.4 Å². The van der Waals surface area contributed by atoms with Crippen LogP contribution in [-0.4, -0.2) is 29.8 Å². The van der Waals surface area contributed by atoms with Gasteiger partial charge in [-0.15, -0.1) is 0 Å². The lowest BCUT2D eigenvalue weighted by molar-refractivity contribution is -0.124. The highest BCUT2D eigenvalue weighted by Crippen LogP contribution is 2.44. The van der Waals surface area contributed by atoms with Crippen molar-refractivity contribution in [3.05, 3.63) is 36.4 Å². The number of anilines is 1. The summed E-state index contributed by atoms with van der Waals surface area (Å²) in [7, 11) is 0. The zero-order chi connectivity index (χ0) is 21.0. The largest absolute Gasteiger partial charge is 0.512 e. The van der Waals surface area contributed by atoms with E-state index in [1.165, 1.54) is 11.3 Å². The molecule has 1 fully saturated rings. The third-order valence-corrected chi connectivity index (χ3v) is 6.61. The van der Waals surface area contributed by atoms with E-state index in [1.54, 1.807) is 4.90 Å². The molecule has 0 saturated heterocycles. The molecule has 1 unspecified atom stereocenters. The first-order valence-electron chi connectivity index (χ1n) is 10.0. The average molecular weight is 417 g/mol. The Morgan fingerprint density at radius 3 is 2.48 bits per heavy atom. The van der Waals surface area contributed by atoms with E-state index in [-0.39, 0.29) is 29.5 Å². The highest BCUT2D eigenvalue weighted by atomic mass is 32.1. The topological polar surface area (TPSA) is 92.9 Å². The van der Waals surface area contributed by atoms with Crippen molar-refractivity contribution in [1.29, 1.82) is 0 Å². The molecule has 0 spiro atoms. The Kier molecular flexibility index (Phi) is 6.92. The fraction of sp³-hybridized carbons (Fsp3) is 0.455. The van der Waals surface area contributed by atoms with Gasteiger partial charge in [0.25, 0.3) is 0 Å². The standard InChI is InChI=1S/C22H28N2O4S/c1-14-8-10-17(11-9-14)20(25)24(15(2)13-23)18-12-19(16-6-4-3-5-7-16)29-21(18)28-22(26)27/h3-7,12,14-15,17H,8-11,13,23H2,1-2H3,(H,26,27). The number of carbonyl (C=O) groups excluding carboxylic acids is 1. The number of rotatable bonds is 6. The zero-order valence-electron chi connectivity index (χ0n) is 16.8. The minimum atomic E-state index is -1.40. The molecule has 6 nitrogen and oxygen atoms in total. The number of nitrogens with zero attached hydrogens (tertiary/aromatic N) is 1. The van der Waals surface area contributed by atoms with E-state index >= 15 is 0 Å². The third-order valence-electron chi connectivity index (χ3n) is 5.56. The zero-order valence-corrected chi connectivity index (χ0v) is 17.7. The molecule has 2 aromatic rings. The summed E-state index contributed by atoms with van der Waals surface area (Å²) in [6.45, 7) is 4.37. The van der Waals surface area contributed by atoms with Crippen LogP contribution in [0.3, 0.4) is 0 Å². The van der Waals surface area contributed by atoms with Crippen molar-refractivity contribution in [1.82, 2.24) is 0 Å². The van der Waals surface area contributed by atoms with Gasteiger partial charge in [-0.05, 0) is 50.2 Å². The van der Waals surface area contributed by atoms with Crippen LogP contribution in [0.15, 0.2) is 36.4 Å². The number of amides is 1. The summed E-state index contributed by atoms with van der Waals surface area (Å²) in [6, 6.07) is 11.2. The van der Waals surface area contributed by atoms with E-state index in [9.17, 15) is 14.7 Å². The molecule has 1 aromatic carbocycles. The highest BCUT2D eigenvalue weighted by Gasteiger charge is 2.34. The predicted molar refractivity (Wildman–Crippen MR) is 116 cm³/mol. The summed E-state index contributed by atoms with van der Waals surface area (Å²) in [5.74, 6) is 0.566. The molecule has 1 saturated carbocycles. The van der Waals surface area contributed by atoms with E-state index in [0.717, 1.165) is 36.1 Å². The maximum Gasteiger partial charge on any atom is 0.512 e. The summed E-state index contributed by atoms with van der Waals surface area (Å²) in [6.07, 6.45) is 2.35. The lowest BCUT2D eigenvalue weighted by Gasteiger charge is -2.34. The second-order valence-electron chi connectivity index (χ2n) is 7.77. The second-order valence-corrected chi connectivity index (χ2v) is 8.78. The Morgan fingerprint density at radius 2 is 1.90 bits per heavy atom. The Labute approximate surface area is 175 Å². The molecule has 1 aliphatic rings. The van der Waals surface area contributed by atoms with Crippen LogP contribution in [0.2, 0.25) is 0 Å². The molecule has 0 bridgehead atoms. The molecule has 0 radical (unpaired) electrons. The third kappa shape index (κ3) is 4.97. The molecule has 1 aromatic heterocycles. The molecule has 7 heteroatoms. The van der Waals surface area contributed by atoms with Crippen molar-refractivity contribution in [3.8, 4) is 15.5 Å². The molecular weight excluding hydrogens is 388 g/mol. The number of nitrogens with two attached hydrogens (primary N) is 1. The molecule has 3 rings (SSSR count). The van der Waals surface area contributed by atoms with Crippen LogP contribution in [0.4, 0.5) is 10.5 Å². The first-order chi connectivity index (χ1) is 13.9. The molecule has 3 N–H and O–H groups in total. The van der Waals surface area contributed by atoms with E-state index < -0.39 is 6.16 Å². The van der Waals surface area contributed by atoms with Crippen molar-refractivity contribution in [3.63, 3.8) is 0 Å². The van der Waals surface area contributed by atoms with E-state index in [1.807, 2.05) is 43.3 Å². The fourth-order valence-corrected chi connectivity index (χ4v) is 4.81. The molecule has 29 heavy (non-hydrogen) atoms. The Hall–Kier alpha value is -2.38. The molecule has 1 aliphatic carbocycles. The van der Waals surface area contributed by atoms with E-state index in [2.05, 4.69) is 6.92 Å². The van der Waals surface area contributed by atoms with Crippen molar-refractivity contribution in [2.45, 2.75) is 45.6 Å². The first kappa shape index (κ1) is 21.3. The van der Waals surface area contributed by atoms with Gasteiger partial charge in [0.15, 0.2) is 0 Å². The van der Waals surface area contributed by atoms with Crippen LogP contribution in [0.25, 0.3) is 10.4 Å². The van der Waals surface area contributed by atoms with Crippen LogP contribution in [0.1, 0.15) is 39.5 Å². The van der Waals surface area contributed by atoms with Crippen molar-refractivity contribution in [2.24, 2.45) is 17.6 Å². The summed E-state index contributed by atoms with van der Waals surface area (Å²) < 4.78 is 5.08. The Bertz CT molecular complexity index is 844. The number of benzene rings is 1. The van der Waals surface area contributed by atoms with E-state index in [4.69, 9.17) is 10.5 Å². The maximum absolute atomic E-state index is 13.5. The SMILES string of the molecule is CC1CCC(C(=O)N(c2cc(-c3ccccc3)sc2OC(=O)O)C(C)CN)CC1. The average Bonchev–Trinajstić information content (AvgIpc) is 3.11.